The maximum absolute atomic E-state index is 12.8. The summed E-state index contributed by atoms with van der Waals surface area (Å²) in [6, 6.07) is 12.2. The Labute approximate surface area is 194 Å². The molecule has 0 saturated carbocycles. The molecule has 2 aromatic heterocycles. The van der Waals surface area contributed by atoms with Crippen LogP contribution in [0.4, 0.5) is 0 Å². The van der Waals surface area contributed by atoms with Gasteiger partial charge in [-0.15, -0.1) is 11.3 Å². The number of piperidine rings is 1. The third-order valence-corrected chi connectivity index (χ3v) is 7.29. The van der Waals surface area contributed by atoms with Gasteiger partial charge in [0.1, 0.15) is 0 Å². The van der Waals surface area contributed by atoms with Gasteiger partial charge in [0.25, 0.3) is 5.91 Å². The third-order valence-electron chi connectivity index (χ3n) is 5.88. The molecule has 0 bridgehead atoms. The molecular formula is C26H29ClN2OS. The van der Waals surface area contributed by atoms with Crippen molar-refractivity contribution >= 4 is 28.8 Å². The van der Waals surface area contributed by atoms with E-state index in [0.29, 0.717) is 10.6 Å². The number of likely N-dealkylation sites (tertiary alicyclic amines) is 1. The van der Waals surface area contributed by atoms with Crippen LogP contribution < -0.4 is 0 Å². The first kappa shape index (κ1) is 22.0. The van der Waals surface area contributed by atoms with Gasteiger partial charge >= 0.3 is 0 Å². The predicted molar refractivity (Wildman–Crippen MR) is 131 cm³/mol. The summed E-state index contributed by atoms with van der Waals surface area (Å²) in [4.78, 5) is 21.7. The number of aryl methyl sites for hydroxylation is 1. The van der Waals surface area contributed by atoms with Crippen molar-refractivity contribution in [3.05, 3.63) is 63.8 Å². The smallest absolute Gasteiger partial charge is 0.253 e. The number of halogens is 1. The predicted octanol–water partition coefficient (Wildman–Crippen LogP) is 7.36. The first-order valence-electron chi connectivity index (χ1n) is 10.9. The molecule has 0 radical (unpaired) electrons. The Balaban J connectivity index is 1.64. The fourth-order valence-electron chi connectivity index (χ4n) is 4.03. The minimum absolute atomic E-state index is 0.00514. The Hall–Kier alpha value is -2.17. The van der Waals surface area contributed by atoms with Crippen LogP contribution in [0.25, 0.3) is 21.6 Å². The summed E-state index contributed by atoms with van der Waals surface area (Å²) in [6.45, 7) is 10.3. The standard InChI is InChI=1S/C26H29ClN2OS/c1-17-21(16-23(31-17)18-10-11-28-24(15-18)26(2,3)4)20-9-8-19(14-22(20)27)25(30)29-12-6-5-7-13-29/h8-11,14-16H,5-7,12-13H2,1-4H3. The van der Waals surface area contributed by atoms with Gasteiger partial charge in [0.15, 0.2) is 0 Å². The van der Waals surface area contributed by atoms with Crippen molar-refractivity contribution in [2.75, 3.05) is 13.1 Å². The van der Waals surface area contributed by atoms with E-state index in [2.05, 4.69) is 50.9 Å². The highest BCUT2D eigenvalue weighted by Crippen LogP contribution is 2.40. The fourth-order valence-corrected chi connectivity index (χ4v) is 5.34. The van der Waals surface area contributed by atoms with Crippen LogP contribution in [0, 0.1) is 6.92 Å². The molecule has 162 valence electrons. The monoisotopic (exact) mass is 452 g/mol. The summed E-state index contributed by atoms with van der Waals surface area (Å²) >= 11 is 8.45. The highest BCUT2D eigenvalue weighted by atomic mass is 35.5. The normalized spacial score (nSPS) is 14.7. The molecule has 1 amide bonds. The first-order chi connectivity index (χ1) is 14.7. The summed E-state index contributed by atoms with van der Waals surface area (Å²) in [6.07, 6.45) is 5.26. The SMILES string of the molecule is Cc1sc(-c2ccnc(C(C)(C)C)c2)cc1-c1ccc(C(=O)N2CCCCC2)cc1Cl. The van der Waals surface area contributed by atoms with Crippen LogP contribution in [-0.2, 0) is 5.41 Å². The van der Waals surface area contributed by atoms with Crippen molar-refractivity contribution in [2.45, 2.75) is 52.4 Å². The highest BCUT2D eigenvalue weighted by molar-refractivity contribution is 7.16. The first-order valence-corrected chi connectivity index (χ1v) is 12.1. The molecule has 0 aliphatic carbocycles. The quantitative estimate of drug-likeness (QED) is 0.415. The maximum atomic E-state index is 12.8. The second-order valence-electron chi connectivity index (χ2n) is 9.31. The minimum Gasteiger partial charge on any atom is -0.339 e. The van der Waals surface area contributed by atoms with E-state index in [-0.39, 0.29) is 11.3 Å². The number of carbonyl (C=O) groups excluding carboxylic acids is 1. The summed E-state index contributed by atoms with van der Waals surface area (Å²) in [5.74, 6) is 0.0855. The van der Waals surface area contributed by atoms with Gasteiger partial charge in [0.2, 0.25) is 0 Å². The van der Waals surface area contributed by atoms with E-state index in [0.717, 1.165) is 42.8 Å². The molecule has 3 aromatic rings. The molecule has 5 heteroatoms. The molecule has 0 N–H and O–H groups in total. The van der Waals surface area contributed by atoms with Gasteiger partial charge in [-0.2, -0.15) is 0 Å². The number of hydrogen-bond donors (Lipinski definition) is 0. The lowest BCUT2D eigenvalue weighted by Crippen LogP contribution is -2.35. The van der Waals surface area contributed by atoms with Gasteiger partial charge in [-0.3, -0.25) is 9.78 Å². The van der Waals surface area contributed by atoms with Crippen molar-refractivity contribution in [3.63, 3.8) is 0 Å². The average Bonchev–Trinajstić information content (AvgIpc) is 3.14. The van der Waals surface area contributed by atoms with Crippen LogP contribution in [0.3, 0.4) is 0 Å². The molecule has 31 heavy (non-hydrogen) atoms. The Bertz CT molecular complexity index is 1110. The molecule has 0 spiro atoms. The van der Waals surface area contributed by atoms with Crippen molar-refractivity contribution in [1.29, 1.82) is 0 Å². The van der Waals surface area contributed by atoms with Crippen molar-refractivity contribution in [2.24, 2.45) is 0 Å². The number of pyridine rings is 1. The maximum Gasteiger partial charge on any atom is 0.253 e. The summed E-state index contributed by atoms with van der Waals surface area (Å²) in [5.41, 5.74) is 5.03. The Morgan fingerprint density at radius 1 is 1.03 bits per heavy atom. The number of thiophene rings is 1. The number of rotatable bonds is 3. The molecule has 4 rings (SSSR count). The molecular weight excluding hydrogens is 424 g/mol. The van der Waals surface area contributed by atoms with E-state index >= 15 is 0 Å². The molecule has 0 unspecified atom stereocenters. The van der Waals surface area contributed by atoms with Gasteiger partial charge in [-0.05, 0) is 67.6 Å². The Morgan fingerprint density at radius 2 is 1.77 bits per heavy atom. The summed E-state index contributed by atoms with van der Waals surface area (Å²) in [7, 11) is 0. The highest BCUT2D eigenvalue weighted by Gasteiger charge is 2.21. The van der Waals surface area contributed by atoms with Crippen molar-refractivity contribution in [1.82, 2.24) is 9.88 Å². The van der Waals surface area contributed by atoms with E-state index in [1.807, 2.05) is 29.3 Å². The molecule has 1 fully saturated rings. The number of benzene rings is 1. The third kappa shape index (κ3) is 4.70. The zero-order valence-electron chi connectivity index (χ0n) is 18.7. The van der Waals surface area contributed by atoms with Crippen LogP contribution in [0.15, 0.2) is 42.6 Å². The zero-order chi connectivity index (χ0) is 22.2. The zero-order valence-corrected chi connectivity index (χ0v) is 20.2. The molecule has 1 aromatic carbocycles. The second-order valence-corrected chi connectivity index (χ2v) is 11.0. The minimum atomic E-state index is 0.00514. The second kappa shape index (κ2) is 8.76. The number of amides is 1. The van der Waals surface area contributed by atoms with Gasteiger partial charge in [0, 0.05) is 56.3 Å². The van der Waals surface area contributed by atoms with Crippen molar-refractivity contribution in [3.8, 4) is 21.6 Å². The van der Waals surface area contributed by atoms with Crippen LogP contribution >= 0.6 is 22.9 Å². The fraction of sp³-hybridized carbons (Fsp3) is 0.385. The summed E-state index contributed by atoms with van der Waals surface area (Å²) < 4.78 is 0. The van der Waals surface area contributed by atoms with Gasteiger partial charge < -0.3 is 4.90 Å². The van der Waals surface area contributed by atoms with E-state index in [9.17, 15) is 4.79 Å². The van der Waals surface area contributed by atoms with Crippen LogP contribution in [0.1, 0.15) is 61.0 Å². The van der Waals surface area contributed by atoms with E-state index in [1.54, 1.807) is 11.3 Å². The molecule has 1 saturated heterocycles. The van der Waals surface area contributed by atoms with Gasteiger partial charge in [-0.25, -0.2) is 0 Å². The number of carbonyl (C=O) groups is 1. The molecule has 1 aliphatic rings. The topological polar surface area (TPSA) is 33.2 Å². The van der Waals surface area contributed by atoms with E-state index < -0.39 is 0 Å². The molecule has 1 aliphatic heterocycles. The van der Waals surface area contributed by atoms with Gasteiger partial charge in [-0.1, -0.05) is 38.4 Å². The van der Waals surface area contributed by atoms with Crippen LogP contribution in [0.5, 0.6) is 0 Å². The molecule has 0 atom stereocenters. The number of hydrogen-bond acceptors (Lipinski definition) is 3. The van der Waals surface area contributed by atoms with Crippen LogP contribution in [0.2, 0.25) is 5.02 Å². The average molecular weight is 453 g/mol. The van der Waals surface area contributed by atoms with Crippen molar-refractivity contribution < 1.29 is 4.79 Å². The Kier molecular flexibility index (Phi) is 6.23. The Morgan fingerprint density at radius 3 is 2.45 bits per heavy atom. The lowest BCUT2D eigenvalue weighted by Gasteiger charge is -2.26. The molecule has 3 nitrogen and oxygen atoms in total. The van der Waals surface area contributed by atoms with Crippen LogP contribution in [-0.4, -0.2) is 28.9 Å². The summed E-state index contributed by atoms with van der Waals surface area (Å²) in [5, 5.41) is 0.625. The van der Waals surface area contributed by atoms with E-state index in [4.69, 9.17) is 11.6 Å². The largest absolute Gasteiger partial charge is 0.339 e. The lowest BCUT2D eigenvalue weighted by molar-refractivity contribution is 0.0724. The molecule has 3 heterocycles. The lowest BCUT2D eigenvalue weighted by atomic mass is 9.90. The number of aromatic nitrogens is 1. The van der Waals surface area contributed by atoms with Gasteiger partial charge in [0.05, 0.1) is 0 Å². The number of nitrogens with zero attached hydrogens (tertiary/aromatic N) is 2. The van der Waals surface area contributed by atoms with E-state index in [1.165, 1.54) is 21.7 Å².